The molecule has 0 spiro atoms. The van der Waals surface area contributed by atoms with Gasteiger partial charge in [0.25, 0.3) is 0 Å². The molecule has 3 fully saturated rings. The van der Waals surface area contributed by atoms with Gasteiger partial charge in [0.2, 0.25) is 11.9 Å². The molecule has 2 unspecified atom stereocenters. The first-order chi connectivity index (χ1) is 16.5. The highest BCUT2D eigenvalue weighted by Crippen LogP contribution is 2.70. The van der Waals surface area contributed by atoms with Crippen molar-refractivity contribution in [2.45, 2.75) is 51.5 Å². The lowest BCUT2D eigenvalue weighted by Crippen LogP contribution is -2.89. The lowest BCUT2D eigenvalue weighted by molar-refractivity contribution is -0.655. The number of pyridine rings is 1. The maximum absolute atomic E-state index is 13.8. The number of nitrogens with one attached hydrogen (secondary N) is 1. The van der Waals surface area contributed by atoms with Gasteiger partial charge in [-0.3, -0.25) is 14.5 Å². The number of quaternary nitrogens is 1. The number of piperazine rings is 1. The SMILES string of the molecule is CC(=O)[C@]12C(=O)N(C3CCCC3)c3nc(Nc4ccc(N5CC[NH2+]CC5)cn4)ncc3C1C2C. The zero-order valence-corrected chi connectivity index (χ0v) is 19.8. The largest absolute Gasteiger partial charge is 0.359 e. The summed E-state index contributed by atoms with van der Waals surface area (Å²) in [5.74, 6) is 1.50. The van der Waals surface area contributed by atoms with E-state index in [1.807, 2.05) is 30.3 Å². The minimum atomic E-state index is -0.933. The van der Waals surface area contributed by atoms with Crippen LogP contribution in [0.15, 0.2) is 24.5 Å². The number of nitrogens with zero attached hydrogens (tertiary/aromatic N) is 5. The molecule has 9 nitrogen and oxygen atoms in total. The predicted octanol–water partition coefficient (Wildman–Crippen LogP) is 1.60. The molecule has 2 saturated carbocycles. The summed E-state index contributed by atoms with van der Waals surface area (Å²) in [6.45, 7) is 7.81. The Morgan fingerprint density at radius 3 is 2.59 bits per heavy atom. The summed E-state index contributed by atoms with van der Waals surface area (Å²) in [6, 6.07) is 4.11. The van der Waals surface area contributed by atoms with Gasteiger partial charge in [-0.25, -0.2) is 9.97 Å². The molecule has 1 amide bonds. The highest BCUT2D eigenvalue weighted by atomic mass is 16.2. The Morgan fingerprint density at radius 1 is 1.15 bits per heavy atom. The van der Waals surface area contributed by atoms with Crippen LogP contribution < -0.4 is 20.4 Å². The Morgan fingerprint density at radius 2 is 1.91 bits per heavy atom. The van der Waals surface area contributed by atoms with E-state index < -0.39 is 5.41 Å². The lowest BCUT2D eigenvalue weighted by Gasteiger charge is -2.36. The smallest absolute Gasteiger partial charge is 0.243 e. The van der Waals surface area contributed by atoms with E-state index in [0.29, 0.717) is 17.6 Å². The molecule has 0 bridgehead atoms. The molecule has 0 aromatic carbocycles. The van der Waals surface area contributed by atoms with Gasteiger partial charge in [0.15, 0.2) is 0 Å². The van der Waals surface area contributed by atoms with Gasteiger partial charge in [-0.1, -0.05) is 19.8 Å². The Hall–Kier alpha value is -3.07. The first kappa shape index (κ1) is 21.5. The van der Waals surface area contributed by atoms with Gasteiger partial charge in [-0.15, -0.1) is 0 Å². The number of ketones is 1. The molecule has 6 rings (SSSR count). The van der Waals surface area contributed by atoms with Crippen LogP contribution in [0.3, 0.4) is 0 Å². The van der Waals surface area contributed by atoms with E-state index >= 15 is 0 Å². The normalized spacial score (nSPS) is 28.5. The van der Waals surface area contributed by atoms with Crippen molar-refractivity contribution in [2.24, 2.45) is 11.3 Å². The van der Waals surface area contributed by atoms with Crippen LogP contribution in [-0.4, -0.2) is 58.9 Å². The van der Waals surface area contributed by atoms with Crippen LogP contribution in [0.4, 0.5) is 23.3 Å². The van der Waals surface area contributed by atoms with Crippen LogP contribution in [0.5, 0.6) is 0 Å². The minimum absolute atomic E-state index is 0.0216. The number of nitrogens with two attached hydrogens (primary N) is 1. The average molecular weight is 463 g/mol. The number of rotatable bonds is 5. The number of anilines is 4. The van der Waals surface area contributed by atoms with Crippen molar-refractivity contribution in [3.8, 4) is 0 Å². The van der Waals surface area contributed by atoms with Gasteiger partial charge in [0.05, 0.1) is 38.1 Å². The fourth-order valence-electron chi connectivity index (χ4n) is 6.52. The third-order valence-corrected chi connectivity index (χ3v) is 8.36. The Balaban J connectivity index is 1.30. The highest BCUT2D eigenvalue weighted by molar-refractivity contribution is 6.18. The first-order valence-electron chi connectivity index (χ1n) is 12.5. The summed E-state index contributed by atoms with van der Waals surface area (Å²) in [5.41, 5.74) is 1.11. The van der Waals surface area contributed by atoms with Crippen molar-refractivity contribution in [3.63, 3.8) is 0 Å². The van der Waals surface area contributed by atoms with Crippen LogP contribution in [0, 0.1) is 11.3 Å². The van der Waals surface area contributed by atoms with Gasteiger partial charge in [0, 0.05) is 23.7 Å². The molecular formula is C25H32N7O2+. The monoisotopic (exact) mass is 462 g/mol. The molecule has 3 N–H and O–H groups in total. The van der Waals surface area contributed by atoms with Crippen molar-refractivity contribution < 1.29 is 14.9 Å². The first-order valence-corrected chi connectivity index (χ1v) is 12.5. The van der Waals surface area contributed by atoms with Crippen molar-refractivity contribution in [1.82, 2.24) is 15.0 Å². The summed E-state index contributed by atoms with van der Waals surface area (Å²) in [4.78, 5) is 44.6. The fraction of sp³-hybridized carbons (Fsp3) is 0.560. The molecule has 3 atom stereocenters. The Kier molecular flexibility index (Phi) is 5.05. The van der Waals surface area contributed by atoms with Gasteiger partial charge in [-0.05, 0) is 37.8 Å². The van der Waals surface area contributed by atoms with Gasteiger partial charge >= 0.3 is 0 Å². The zero-order valence-electron chi connectivity index (χ0n) is 19.8. The number of aromatic nitrogens is 3. The number of Topliss-reactive ketones (excluding diaryl/α,β-unsaturated/α-hetero) is 1. The van der Waals surface area contributed by atoms with E-state index in [0.717, 1.165) is 63.1 Å². The molecule has 178 valence electrons. The summed E-state index contributed by atoms with van der Waals surface area (Å²) in [7, 11) is 0. The number of carbonyl (C=O) groups excluding carboxylic acids is 2. The number of carbonyl (C=O) groups is 2. The summed E-state index contributed by atoms with van der Waals surface area (Å²) in [6.07, 6.45) is 7.77. The number of fused-ring (bicyclic) bond motifs is 3. The topological polar surface area (TPSA) is 108 Å². The lowest BCUT2D eigenvalue weighted by atomic mass is 9.89. The van der Waals surface area contributed by atoms with Crippen LogP contribution in [0.2, 0.25) is 0 Å². The maximum atomic E-state index is 13.8. The standard InChI is InChI=1S/C25H31N7O2/c1-15-21-19-14-28-24(29-20-8-7-18(13-27-20)31-11-9-26-10-12-31)30-22(19)32(17-5-3-4-6-17)23(34)25(15,21)16(2)33/h7-8,13-15,17,21,26H,3-6,9-12H2,1-2H3,(H,27,28,29,30)/p+1/t15?,21?,25-/m0/s1. The number of hydrogen-bond donors (Lipinski definition) is 2. The third kappa shape index (κ3) is 3.13. The van der Waals surface area contributed by atoms with E-state index in [2.05, 4.69) is 31.6 Å². The van der Waals surface area contributed by atoms with Crippen LogP contribution in [0.25, 0.3) is 0 Å². The molecule has 2 aliphatic carbocycles. The molecule has 9 heteroatoms. The quantitative estimate of drug-likeness (QED) is 0.650. The van der Waals surface area contributed by atoms with Crippen molar-refractivity contribution in [3.05, 3.63) is 30.1 Å². The van der Waals surface area contributed by atoms with Crippen LogP contribution in [-0.2, 0) is 9.59 Å². The summed E-state index contributed by atoms with van der Waals surface area (Å²) in [5, 5.41) is 5.55. The van der Waals surface area contributed by atoms with E-state index in [9.17, 15) is 9.59 Å². The molecule has 0 radical (unpaired) electrons. The molecular weight excluding hydrogens is 430 g/mol. The third-order valence-electron chi connectivity index (χ3n) is 8.36. The number of hydrogen-bond acceptors (Lipinski definition) is 7. The molecule has 34 heavy (non-hydrogen) atoms. The zero-order chi connectivity index (χ0) is 23.4. The Bertz CT molecular complexity index is 1120. The van der Waals surface area contributed by atoms with Gasteiger partial charge < -0.3 is 15.5 Å². The summed E-state index contributed by atoms with van der Waals surface area (Å²) >= 11 is 0. The molecule has 4 heterocycles. The van der Waals surface area contributed by atoms with Crippen LogP contribution in [0.1, 0.15) is 51.0 Å². The van der Waals surface area contributed by atoms with Crippen molar-refractivity contribution >= 4 is 35.0 Å². The van der Waals surface area contributed by atoms with Crippen molar-refractivity contribution in [2.75, 3.05) is 41.3 Å². The second-order valence-electron chi connectivity index (χ2n) is 10.2. The molecule has 2 aliphatic heterocycles. The maximum Gasteiger partial charge on any atom is 0.243 e. The Labute approximate surface area is 199 Å². The molecule has 4 aliphatic rings. The fourth-order valence-corrected chi connectivity index (χ4v) is 6.52. The molecule has 2 aromatic heterocycles. The second kappa shape index (κ2) is 8.01. The van der Waals surface area contributed by atoms with Gasteiger partial charge in [0.1, 0.15) is 22.8 Å². The minimum Gasteiger partial charge on any atom is -0.359 e. The van der Waals surface area contributed by atoms with E-state index in [-0.39, 0.29) is 29.6 Å². The number of amides is 1. The van der Waals surface area contributed by atoms with Crippen molar-refractivity contribution in [1.29, 1.82) is 0 Å². The molecule has 1 saturated heterocycles. The van der Waals surface area contributed by atoms with E-state index in [4.69, 9.17) is 4.98 Å². The van der Waals surface area contributed by atoms with E-state index in [1.165, 1.54) is 0 Å². The summed E-state index contributed by atoms with van der Waals surface area (Å²) < 4.78 is 0. The average Bonchev–Trinajstić information content (AvgIpc) is 3.18. The second-order valence-corrected chi connectivity index (χ2v) is 10.2. The van der Waals surface area contributed by atoms with Crippen LogP contribution >= 0.6 is 0 Å². The molecule has 2 aromatic rings. The predicted molar refractivity (Wildman–Crippen MR) is 128 cm³/mol. The van der Waals surface area contributed by atoms with Gasteiger partial charge in [-0.2, -0.15) is 4.98 Å². The highest BCUT2D eigenvalue weighted by Gasteiger charge is 2.75. The van der Waals surface area contributed by atoms with E-state index in [1.54, 1.807) is 6.92 Å².